The molecule has 0 aliphatic heterocycles. The van der Waals surface area contributed by atoms with Gasteiger partial charge in [-0.15, -0.1) is 0 Å². The molecule has 0 amide bonds. The predicted molar refractivity (Wildman–Crippen MR) is 120 cm³/mol. The van der Waals surface area contributed by atoms with E-state index in [-0.39, 0.29) is 40.4 Å². The number of fused-ring (bicyclic) bond motifs is 1. The first-order valence-corrected chi connectivity index (χ1v) is 9.37. The Labute approximate surface area is 178 Å². The number of methoxy groups -OCH3 is 2. The number of rotatable bonds is 6. The summed E-state index contributed by atoms with van der Waals surface area (Å²) >= 11 is 0. The van der Waals surface area contributed by atoms with Gasteiger partial charge in [0.15, 0.2) is 0 Å². The largest absolute Gasteiger partial charge is 0.507 e. The molecule has 3 rings (SSSR count). The molecule has 0 aliphatic carbocycles. The van der Waals surface area contributed by atoms with Gasteiger partial charge in [0.1, 0.15) is 23.0 Å². The molecule has 8 heteroatoms. The van der Waals surface area contributed by atoms with Crippen molar-refractivity contribution in [2.45, 2.75) is 6.42 Å². The lowest BCUT2D eigenvalue weighted by atomic mass is 9.99. The van der Waals surface area contributed by atoms with Gasteiger partial charge in [0.05, 0.1) is 47.5 Å². The molecule has 0 saturated heterocycles. The van der Waals surface area contributed by atoms with Crippen molar-refractivity contribution < 1.29 is 19.7 Å². The Kier molecular flexibility index (Phi) is 5.66. The average Bonchev–Trinajstić information content (AvgIpc) is 2.78. The number of hydrogen-bond acceptors (Lipinski definition) is 6. The zero-order valence-electron chi connectivity index (χ0n) is 17.9. The molecule has 31 heavy (non-hydrogen) atoms. The van der Waals surface area contributed by atoms with Crippen molar-refractivity contribution in [2.24, 2.45) is 14.1 Å². The Morgan fingerprint density at radius 1 is 1.06 bits per heavy atom. The molecular formula is C23H24N2O6. The van der Waals surface area contributed by atoms with Gasteiger partial charge in [-0.3, -0.25) is 9.59 Å². The number of ether oxygens (including phenoxy) is 2. The summed E-state index contributed by atoms with van der Waals surface area (Å²) in [6, 6.07) is 5.04. The topological polar surface area (TPSA) is 103 Å². The lowest BCUT2D eigenvalue weighted by Crippen LogP contribution is -2.28. The fourth-order valence-corrected chi connectivity index (χ4v) is 3.74. The van der Waals surface area contributed by atoms with Crippen LogP contribution >= 0.6 is 0 Å². The van der Waals surface area contributed by atoms with Crippen LogP contribution in [0.3, 0.4) is 0 Å². The summed E-state index contributed by atoms with van der Waals surface area (Å²) in [7, 11) is 5.91. The third-order valence-corrected chi connectivity index (χ3v) is 5.45. The van der Waals surface area contributed by atoms with E-state index in [4.69, 9.17) is 9.47 Å². The van der Waals surface area contributed by atoms with Crippen LogP contribution in [0.5, 0.6) is 17.2 Å². The van der Waals surface area contributed by atoms with E-state index >= 15 is 0 Å². The summed E-state index contributed by atoms with van der Waals surface area (Å²) in [4.78, 5) is 26.0. The zero-order valence-corrected chi connectivity index (χ0v) is 17.9. The fraction of sp³-hybridized carbons (Fsp3) is 0.217. The molecule has 0 aliphatic rings. The number of aromatic nitrogens is 2. The number of aromatic hydroxyl groups is 2. The highest BCUT2D eigenvalue weighted by Crippen LogP contribution is 2.36. The maximum Gasteiger partial charge on any atom is 0.258 e. The zero-order chi connectivity index (χ0) is 23.0. The van der Waals surface area contributed by atoms with Crippen molar-refractivity contribution in [1.82, 2.24) is 9.13 Å². The highest BCUT2D eigenvalue weighted by molar-refractivity contribution is 5.92. The second kappa shape index (κ2) is 8.06. The van der Waals surface area contributed by atoms with Crippen LogP contribution in [-0.2, 0) is 25.3 Å². The first-order chi connectivity index (χ1) is 14.7. The van der Waals surface area contributed by atoms with Crippen LogP contribution in [0.25, 0.3) is 22.7 Å². The van der Waals surface area contributed by atoms with Crippen LogP contribution in [0.1, 0.15) is 22.4 Å². The molecule has 0 saturated carbocycles. The Hall–Kier alpha value is -3.94. The first-order valence-electron chi connectivity index (χ1n) is 9.37. The molecule has 2 aromatic heterocycles. The lowest BCUT2D eigenvalue weighted by molar-refractivity contribution is 0.365. The molecule has 0 unspecified atom stereocenters. The summed E-state index contributed by atoms with van der Waals surface area (Å²) in [5.74, 6) is -0.190. The van der Waals surface area contributed by atoms with Crippen LogP contribution < -0.4 is 15.9 Å². The third kappa shape index (κ3) is 3.26. The van der Waals surface area contributed by atoms with Gasteiger partial charge in [-0.1, -0.05) is 19.2 Å². The molecule has 8 nitrogen and oxygen atoms in total. The van der Waals surface area contributed by atoms with Gasteiger partial charge in [-0.05, 0) is 18.2 Å². The first kappa shape index (κ1) is 21.8. The standard InChI is InChI=1S/C23H24N2O6/c1-7-15-18(12(2)30-5)20(26)13(22(28)24(15)3)11-14-21(27)19-16(25(4)23(14)29)9-8-10-17(19)31-6/h7-10,26-27H,1-2,11H2,3-6H3. The number of pyridine rings is 2. The van der Waals surface area contributed by atoms with Gasteiger partial charge in [0.25, 0.3) is 11.1 Å². The molecule has 0 bridgehead atoms. The van der Waals surface area contributed by atoms with Crippen LogP contribution in [-0.4, -0.2) is 33.6 Å². The van der Waals surface area contributed by atoms with Crippen molar-refractivity contribution in [3.63, 3.8) is 0 Å². The Bertz CT molecular complexity index is 1350. The average molecular weight is 424 g/mol. The normalized spacial score (nSPS) is 10.8. The maximum atomic E-state index is 13.0. The predicted octanol–water partition coefficient (Wildman–Crippen LogP) is 2.51. The summed E-state index contributed by atoms with van der Waals surface area (Å²) < 4.78 is 13.2. The van der Waals surface area contributed by atoms with E-state index in [1.807, 2.05) is 0 Å². The molecular weight excluding hydrogens is 400 g/mol. The minimum Gasteiger partial charge on any atom is -0.507 e. The van der Waals surface area contributed by atoms with Gasteiger partial charge in [-0.2, -0.15) is 0 Å². The van der Waals surface area contributed by atoms with Crippen LogP contribution in [0.4, 0.5) is 0 Å². The summed E-state index contributed by atoms with van der Waals surface area (Å²) in [6.07, 6.45) is 1.09. The van der Waals surface area contributed by atoms with Gasteiger partial charge >= 0.3 is 0 Å². The fourth-order valence-electron chi connectivity index (χ4n) is 3.74. The van der Waals surface area contributed by atoms with Crippen molar-refractivity contribution in [2.75, 3.05) is 14.2 Å². The van der Waals surface area contributed by atoms with E-state index in [0.717, 1.165) is 0 Å². The molecule has 162 valence electrons. The molecule has 0 spiro atoms. The van der Waals surface area contributed by atoms with E-state index in [1.165, 1.54) is 36.5 Å². The van der Waals surface area contributed by atoms with Crippen molar-refractivity contribution in [1.29, 1.82) is 0 Å². The Morgan fingerprint density at radius 3 is 2.26 bits per heavy atom. The van der Waals surface area contributed by atoms with Gasteiger partial charge in [-0.25, -0.2) is 0 Å². The SMILES string of the molecule is C=Cc1c(C(=C)OC)c(O)c(Cc2c(O)c3c(OC)cccc3n(C)c2=O)c(=O)n1C. The number of nitrogens with zero attached hydrogens (tertiary/aromatic N) is 2. The molecule has 2 heterocycles. The quantitative estimate of drug-likeness (QED) is 0.590. The molecule has 3 aromatic rings. The Morgan fingerprint density at radius 2 is 1.68 bits per heavy atom. The van der Waals surface area contributed by atoms with Crippen LogP contribution in [0.15, 0.2) is 40.9 Å². The molecule has 0 radical (unpaired) electrons. The van der Waals surface area contributed by atoms with Crippen molar-refractivity contribution in [3.8, 4) is 17.2 Å². The summed E-state index contributed by atoms with van der Waals surface area (Å²) in [6.45, 7) is 7.45. The minimum absolute atomic E-state index is 0.0489. The van der Waals surface area contributed by atoms with E-state index in [1.54, 1.807) is 25.2 Å². The van der Waals surface area contributed by atoms with E-state index in [0.29, 0.717) is 22.3 Å². The minimum atomic E-state index is -0.540. The molecule has 2 N–H and O–H groups in total. The third-order valence-electron chi connectivity index (χ3n) is 5.45. The smallest absolute Gasteiger partial charge is 0.258 e. The monoisotopic (exact) mass is 424 g/mol. The van der Waals surface area contributed by atoms with E-state index < -0.39 is 11.1 Å². The van der Waals surface area contributed by atoms with E-state index in [9.17, 15) is 19.8 Å². The van der Waals surface area contributed by atoms with Crippen LogP contribution in [0.2, 0.25) is 0 Å². The Balaban J connectivity index is 2.38. The molecule has 1 aromatic carbocycles. The van der Waals surface area contributed by atoms with Crippen LogP contribution in [0, 0.1) is 0 Å². The van der Waals surface area contributed by atoms with Crippen molar-refractivity contribution >= 4 is 22.7 Å². The van der Waals surface area contributed by atoms with Gasteiger partial charge in [0.2, 0.25) is 0 Å². The summed E-state index contributed by atoms with van der Waals surface area (Å²) in [5, 5.41) is 22.2. The van der Waals surface area contributed by atoms with Gasteiger partial charge < -0.3 is 28.8 Å². The van der Waals surface area contributed by atoms with Crippen molar-refractivity contribution in [3.05, 3.63) is 74.4 Å². The summed E-state index contributed by atoms with van der Waals surface area (Å²) in [5.41, 5.74) is -0.200. The second-order valence-electron chi connectivity index (χ2n) is 7.01. The maximum absolute atomic E-state index is 13.0. The van der Waals surface area contributed by atoms with Gasteiger partial charge in [0, 0.05) is 20.5 Å². The highest BCUT2D eigenvalue weighted by Gasteiger charge is 2.25. The highest BCUT2D eigenvalue weighted by atomic mass is 16.5. The molecule has 0 fully saturated rings. The number of benzene rings is 1. The molecule has 0 atom stereocenters. The lowest BCUT2D eigenvalue weighted by Gasteiger charge is -2.18. The number of aryl methyl sites for hydroxylation is 1. The van der Waals surface area contributed by atoms with E-state index in [2.05, 4.69) is 13.2 Å². The second-order valence-corrected chi connectivity index (χ2v) is 7.01. The number of hydrogen-bond donors (Lipinski definition) is 2.